The maximum absolute atomic E-state index is 13.6. The van der Waals surface area contributed by atoms with Gasteiger partial charge in [0.15, 0.2) is 23.2 Å². The van der Waals surface area contributed by atoms with Crippen molar-refractivity contribution >= 4 is 36.5 Å². The highest BCUT2D eigenvalue weighted by molar-refractivity contribution is 7.54. The molecule has 1 saturated heterocycles. The van der Waals surface area contributed by atoms with Crippen LogP contribution in [0.3, 0.4) is 0 Å². The van der Waals surface area contributed by atoms with Crippen molar-refractivity contribution in [2.24, 2.45) is 0 Å². The number of aliphatic carboxylic acids is 1. The first-order valence-corrected chi connectivity index (χ1v) is 11.2. The lowest BCUT2D eigenvalue weighted by Gasteiger charge is -2.31. The maximum atomic E-state index is 13.6. The van der Waals surface area contributed by atoms with Crippen LogP contribution < -0.4 is 5.73 Å². The molecule has 34 heavy (non-hydrogen) atoms. The molecule has 1 aliphatic heterocycles. The van der Waals surface area contributed by atoms with Crippen LogP contribution in [0.2, 0.25) is 0 Å². The molecule has 2 aromatic heterocycles. The lowest BCUT2D eigenvalue weighted by molar-refractivity contribution is -0.174. The lowest BCUT2D eigenvalue weighted by Crippen LogP contribution is -2.47. The minimum Gasteiger partial charge on any atom is -0.481 e. The molecule has 0 aromatic carbocycles. The van der Waals surface area contributed by atoms with E-state index in [4.69, 9.17) is 20.3 Å². The van der Waals surface area contributed by atoms with Crippen molar-refractivity contribution in [1.29, 1.82) is 0 Å². The molecule has 1 aliphatic rings. The predicted molar refractivity (Wildman–Crippen MR) is 105 cm³/mol. The van der Waals surface area contributed by atoms with Gasteiger partial charge in [-0.1, -0.05) is 0 Å². The van der Waals surface area contributed by atoms with Gasteiger partial charge in [0, 0.05) is 0 Å². The zero-order chi connectivity index (χ0) is 25.4. The van der Waals surface area contributed by atoms with Crippen molar-refractivity contribution in [3.8, 4) is 0 Å². The number of hydrogen-bond donors (Lipinski definition) is 6. The highest BCUT2D eigenvalue weighted by Crippen LogP contribution is 2.54. The molecule has 16 nitrogen and oxygen atoms in total. The van der Waals surface area contributed by atoms with E-state index >= 15 is 0 Å². The molecular formula is C16H21FN5O11P. The highest BCUT2D eigenvalue weighted by atomic mass is 31.2. The molecule has 188 valence electrons. The molecule has 3 heterocycles. The van der Waals surface area contributed by atoms with E-state index in [9.17, 15) is 38.5 Å². The molecule has 5 atom stereocenters. The van der Waals surface area contributed by atoms with Crippen LogP contribution in [-0.2, 0) is 28.4 Å². The number of aromatic nitrogens is 4. The number of aliphatic hydroxyl groups is 2. The summed E-state index contributed by atoms with van der Waals surface area (Å²) >= 11 is 0. The van der Waals surface area contributed by atoms with Crippen LogP contribution in [0.4, 0.5) is 10.2 Å². The molecule has 18 heteroatoms. The van der Waals surface area contributed by atoms with Crippen LogP contribution in [0, 0.1) is 6.08 Å². The molecule has 0 bridgehead atoms. The van der Waals surface area contributed by atoms with Gasteiger partial charge in [-0.2, -0.15) is 14.4 Å². The van der Waals surface area contributed by atoms with Gasteiger partial charge in [0.25, 0.3) is 5.34 Å². The normalized spacial score (nSPS) is 24.8. The van der Waals surface area contributed by atoms with Gasteiger partial charge in [-0.05, 0) is 6.92 Å². The number of ether oxygens (including phenoxy) is 3. The van der Waals surface area contributed by atoms with Gasteiger partial charge in [0.2, 0.25) is 0 Å². The number of rotatable bonds is 9. The maximum Gasteiger partial charge on any atom is 0.369 e. The number of carboxylic acids is 1. The van der Waals surface area contributed by atoms with Gasteiger partial charge < -0.3 is 45.1 Å². The van der Waals surface area contributed by atoms with Crippen molar-refractivity contribution in [1.82, 2.24) is 19.5 Å². The number of carbonyl (C=O) groups excluding carboxylic acids is 1. The van der Waals surface area contributed by atoms with Gasteiger partial charge in [-0.3, -0.25) is 13.9 Å². The number of anilines is 1. The lowest BCUT2D eigenvalue weighted by atomic mass is 10.1. The Kier molecular flexibility index (Phi) is 7.18. The van der Waals surface area contributed by atoms with Crippen molar-refractivity contribution in [3.05, 3.63) is 12.4 Å². The van der Waals surface area contributed by atoms with E-state index in [-0.39, 0.29) is 23.6 Å². The van der Waals surface area contributed by atoms with Crippen LogP contribution in [0.5, 0.6) is 0 Å². The largest absolute Gasteiger partial charge is 0.481 e. The van der Waals surface area contributed by atoms with Crippen molar-refractivity contribution in [2.75, 3.05) is 18.9 Å². The van der Waals surface area contributed by atoms with Gasteiger partial charge in [-0.15, -0.1) is 0 Å². The van der Waals surface area contributed by atoms with Gasteiger partial charge >= 0.3 is 25.6 Å². The summed E-state index contributed by atoms with van der Waals surface area (Å²) in [5.41, 5.74) is 5.36. The second kappa shape index (κ2) is 9.46. The highest BCUT2D eigenvalue weighted by Gasteiger charge is 2.59. The minimum absolute atomic E-state index is 0.0318. The average molecular weight is 509 g/mol. The number of imidazole rings is 1. The number of esters is 1. The number of nitrogens with zero attached hydrogens (tertiary/aromatic N) is 4. The Hall–Kier alpha value is -2.79. The van der Waals surface area contributed by atoms with Crippen molar-refractivity contribution in [3.63, 3.8) is 0 Å². The Morgan fingerprint density at radius 2 is 2.00 bits per heavy atom. The molecule has 1 unspecified atom stereocenters. The monoisotopic (exact) mass is 509 g/mol. The van der Waals surface area contributed by atoms with Gasteiger partial charge in [0.1, 0.15) is 18.3 Å². The summed E-state index contributed by atoms with van der Waals surface area (Å²) in [6.07, 6.45) is -8.04. The summed E-state index contributed by atoms with van der Waals surface area (Å²) in [7, 11) is -5.61. The quantitative estimate of drug-likeness (QED) is 0.123. The fraction of sp³-hybridized carbons (Fsp3) is 0.562. The molecule has 1 fully saturated rings. The summed E-state index contributed by atoms with van der Waals surface area (Å²) in [5.74, 6) is -3.73. The number of hydrogen-bond acceptors (Lipinski definition) is 12. The number of carbonyl (C=O) groups is 2. The molecule has 7 N–H and O–H groups in total. The standard InChI is InChI=1S/C16H21FN5O11P/c1-2-31-14(27)16(3-7(23)24,34(28,29)30)32-4-6-9(25)10(26)13(33-6)22-5-19-8-11(18)20-15(17)21-12(8)22/h5-6,9-10,13,25-26H,2-4H2,1H3,(H,23,24)(H2,18,20,21)(H2,28,29,30)/t6-,9-,10?,13-,16+/m1/s1. The Morgan fingerprint density at radius 1 is 1.32 bits per heavy atom. The molecule has 3 rings (SSSR count). The molecule has 2 aromatic rings. The van der Waals surface area contributed by atoms with E-state index < -0.39 is 68.5 Å². The fourth-order valence-corrected chi connectivity index (χ4v) is 4.24. The van der Waals surface area contributed by atoms with E-state index in [0.29, 0.717) is 0 Å². The topological polar surface area (TPSA) is 250 Å². The number of nitrogen functional groups attached to an aromatic ring is 1. The van der Waals surface area contributed by atoms with Crippen molar-refractivity contribution < 1.29 is 57.9 Å². The zero-order valence-electron chi connectivity index (χ0n) is 17.4. The summed E-state index contributed by atoms with van der Waals surface area (Å²) in [6, 6.07) is 0. The molecule has 0 spiro atoms. The molecule has 0 radical (unpaired) electrons. The number of fused-ring (bicyclic) bond motifs is 1. The smallest absolute Gasteiger partial charge is 0.369 e. The first-order valence-electron chi connectivity index (χ1n) is 9.58. The second-order valence-electron chi connectivity index (χ2n) is 7.18. The van der Waals surface area contributed by atoms with Crippen molar-refractivity contribution in [2.45, 2.75) is 43.2 Å². The SMILES string of the molecule is CCOC(=O)[C@@](CC(=O)O)(OC[C@H]1O[C@@H](n2cnc3c(N)nc(F)nc32)C(O)[C@@H]1O)P(=O)(O)O. The van der Waals surface area contributed by atoms with E-state index in [1.807, 2.05) is 0 Å². The third-order valence-electron chi connectivity index (χ3n) is 4.97. The summed E-state index contributed by atoms with van der Waals surface area (Å²) in [6.45, 7) is 0.0225. The second-order valence-corrected chi connectivity index (χ2v) is 8.99. The van der Waals surface area contributed by atoms with Crippen LogP contribution in [-0.4, -0.2) is 93.4 Å². The Labute approximate surface area is 189 Å². The first kappa shape index (κ1) is 25.8. The van der Waals surface area contributed by atoms with E-state index in [1.54, 1.807) is 0 Å². The molecule has 0 amide bonds. The van der Waals surface area contributed by atoms with Crippen LogP contribution >= 0.6 is 7.60 Å². The van der Waals surface area contributed by atoms with Gasteiger partial charge in [0.05, 0.1) is 26.0 Å². The predicted octanol–water partition coefficient (Wildman–Crippen LogP) is -1.90. The summed E-state index contributed by atoms with van der Waals surface area (Å²) < 4.78 is 41.9. The van der Waals surface area contributed by atoms with Gasteiger partial charge in [-0.25, -0.2) is 9.78 Å². The number of nitrogens with two attached hydrogens (primary N) is 1. The molecular weight excluding hydrogens is 488 g/mol. The summed E-state index contributed by atoms with van der Waals surface area (Å²) in [5, 5.41) is 26.7. The van der Waals surface area contributed by atoms with E-state index in [1.165, 1.54) is 6.92 Å². The van der Waals surface area contributed by atoms with Crippen LogP contribution in [0.25, 0.3) is 11.2 Å². The summed E-state index contributed by atoms with van der Waals surface area (Å²) in [4.78, 5) is 53.8. The number of aliphatic hydroxyl groups excluding tert-OH is 2. The third kappa shape index (κ3) is 4.58. The Balaban J connectivity index is 1.89. The number of halogens is 1. The van der Waals surface area contributed by atoms with Crippen LogP contribution in [0.1, 0.15) is 19.6 Å². The molecule has 0 aliphatic carbocycles. The zero-order valence-corrected chi connectivity index (χ0v) is 18.3. The number of carboxylic acid groups (broad SMARTS) is 1. The van der Waals surface area contributed by atoms with Crippen LogP contribution in [0.15, 0.2) is 6.33 Å². The minimum atomic E-state index is -5.61. The Bertz CT molecular complexity index is 1140. The Morgan fingerprint density at radius 3 is 2.59 bits per heavy atom. The van der Waals surface area contributed by atoms with E-state index in [2.05, 4.69) is 19.7 Å². The third-order valence-corrected chi connectivity index (χ3v) is 6.39. The average Bonchev–Trinajstić information content (AvgIpc) is 3.26. The first-order chi connectivity index (χ1) is 15.8. The molecule has 0 saturated carbocycles. The van der Waals surface area contributed by atoms with E-state index in [0.717, 1.165) is 10.9 Å². The fourth-order valence-electron chi connectivity index (χ4n) is 3.35.